The van der Waals surface area contributed by atoms with E-state index in [1.54, 1.807) is 25.2 Å². The van der Waals surface area contributed by atoms with Crippen LogP contribution in [0.5, 0.6) is 0 Å². The molecule has 0 bridgehead atoms. The Labute approximate surface area is 119 Å². The summed E-state index contributed by atoms with van der Waals surface area (Å²) in [6, 6.07) is 4.91. The third-order valence-corrected chi connectivity index (χ3v) is 4.47. The fraction of sp³-hybridized carbons (Fsp3) is 0.571. The molecular weight excluding hydrogens is 319 g/mol. The molecule has 1 atom stereocenters. The predicted molar refractivity (Wildman–Crippen MR) is 72.8 cm³/mol. The first-order valence-electron chi connectivity index (χ1n) is 6.43. The average molecular weight is 336 g/mol. The van der Waals surface area contributed by atoms with E-state index < -0.39 is 5.92 Å². The number of alkyl halides is 2. The lowest BCUT2D eigenvalue weighted by atomic mass is 9.79. The lowest BCUT2D eigenvalue weighted by Gasteiger charge is -2.34. The molecule has 19 heavy (non-hydrogen) atoms. The molecule has 1 aliphatic rings. The minimum Gasteiger partial charge on any atom is -0.313 e. The summed E-state index contributed by atoms with van der Waals surface area (Å²) in [5.74, 6) is -2.81. The summed E-state index contributed by atoms with van der Waals surface area (Å²) < 4.78 is 40.9. The summed E-state index contributed by atoms with van der Waals surface area (Å²) in [7, 11) is 1.75. The van der Waals surface area contributed by atoms with Crippen molar-refractivity contribution in [2.45, 2.75) is 37.6 Å². The van der Waals surface area contributed by atoms with Gasteiger partial charge < -0.3 is 5.32 Å². The van der Waals surface area contributed by atoms with E-state index in [0.717, 1.165) is 0 Å². The molecule has 0 saturated heterocycles. The minimum atomic E-state index is -2.55. The van der Waals surface area contributed by atoms with Crippen LogP contribution in [0.4, 0.5) is 13.2 Å². The largest absolute Gasteiger partial charge is 0.313 e. The maximum atomic E-state index is 14.1. The molecule has 106 valence electrons. The first-order chi connectivity index (χ1) is 8.94. The summed E-state index contributed by atoms with van der Waals surface area (Å²) in [6.45, 7) is 0. The second-order valence-electron chi connectivity index (χ2n) is 5.10. The van der Waals surface area contributed by atoms with Crippen molar-refractivity contribution in [1.29, 1.82) is 0 Å². The van der Waals surface area contributed by atoms with Gasteiger partial charge in [0.15, 0.2) is 0 Å². The predicted octanol–water partition coefficient (Wildman–Crippen LogP) is 4.67. The van der Waals surface area contributed by atoms with E-state index in [4.69, 9.17) is 0 Å². The maximum Gasteiger partial charge on any atom is 0.248 e. The van der Waals surface area contributed by atoms with Crippen LogP contribution in [0.2, 0.25) is 0 Å². The Morgan fingerprint density at radius 1 is 1.32 bits per heavy atom. The topological polar surface area (TPSA) is 12.0 Å². The van der Waals surface area contributed by atoms with E-state index in [-0.39, 0.29) is 30.6 Å². The molecule has 0 radical (unpaired) electrons. The molecule has 0 aromatic heterocycles. The summed E-state index contributed by atoms with van der Waals surface area (Å²) in [5.41, 5.74) is 0.548. The number of rotatable bonds is 3. The number of nitrogens with one attached hydrogen (secondary N) is 1. The Morgan fingerprint density at radius 3 is 2.53 bits per heavy atom. The first-order valence-corrected chi connectivity index (χ1v) is 7.23. The van der Waals surface area contributed by atoms with Crippen molar-refractivity contribution in [1.82, 2.24) is 5.32 Å². The Balaban J connectivity index is 2.19. The molecule has 1 aromatic rings. The van der Waals surface area contributed by atoms with Gasteiger partial charge in [0.1, 0.15) is 5.82 Å². The highest BCUT2D eigenvalue weighted by Gasteiger charge is 2.38. The van der Waals surface area contributed by atoms with Crippen LogP contribution in [-0.2, 0) is 0 Å². The Bertz CT molecular complexity index is 440. The van der Waals surface area contributed by atoms with Gasteiger partial charge in [-0.3, -0.25) is 0 Å². The van der Waals surface area contributed by atoms with Crippen molar-refractivity contribution in [3.8, 4) is 0 Å². The number of hydrogen-bond donors (Lipinski definition) is 1. The van der Waals surface area contributed by atoms with Crippen LogP contribution in [0.25, 0.3) is 0 Å². The number of benzene rings is 1. The van der Waals surface area contributed by atoms with Crippen molar-refractivity contribution in [2.24, 2.45) is 5.92 Å². The van der Waals surface area contributed by atoms with Gasteiger partial charge in [0.05, 0.1) is 4.47 Å². The van der Waals surface area contributed by atoms with Crippen LogP contribution in [0.3, 0.4) is 0 Å². The summed E-state index contributed by atoms with van der Waals surface area (Å²) in [5, 5.41) is 3.08. The molecule has 1 aromatic carbocycles. The van der Waals surface area contributed by atoms with E-state index in [2.05, 4.69) is 21.2 Å². The fourth-order valence-corrected chi connectivity index (χ4v) is 3.18. The highest BCUT2D eigenvalue weighted by molar-refractivity contribution is 9.10. The van der Waals surface area contributed by atoms with E-state index >= 15 is 0 Å². The van der Waals surface area contributed by atoms with Crippen LogP contribution < -0.4 is 5.32 Å². The molecule has 1 fully saturated rings. The molecular formula is C14H17BrF3N. The molecule has 0 heterocycles. The van der Waals surface area contributed by atoms with Gasteiger partial charge in [0, 0.05) is 24.4 Å². The van der Waals surface area contributed by atoms with Gasteiger partial charge in [0.25, 0.3) is 0 Å². The second kappa shape index (κ2) is 5.83. The summed E-state index contributed by atoms with van der Waals surface area (Å²) in [4.78, 5) is 0. The molecule has 0 spiro atoms. The average Bonchev–Trinajstić information content (AvgIpc) is 2.37. The zero-order valence-electron chi connectivity index (χ0n) is 10.7. The van der Waals surface area contributed by atoms with Crippen LogP contribution in [0.15, 0.2) is 22.7 Å². The van der Waals surface area contributed by atoms with Gasteiger partial charge in [-0.2, -0.15) is 0 Å². The van der Waals surface area contributed by atoms with Gasteiger partial charge >= 0.3 is 0 Å². The van der Waals surface area contributed by atoms with Crippen LogP contribution >= 0.6 is 15.9 Å². The van der Waals surface area contributed by atoms with Gasteiger partial charge in [-0.05, 0) is 47.8 Å². The number of halogens is 4. The molecule has 1 unspecified atom stereocenters. The maximum absolute atomic E-state index is 14.1. The van der Waals surface area contributed by atoms with Crippen molar-refractivity contribution < 1.29 is 13.2 Å². The molecule has 1 saturated carbocycles. The second-order valence-corrected chi connectivity index (χ2v) is 5.96. The highest BCUT2D eigenvalue weighted by Crippen LogP contribution is 2.42. The number of hydrogen-bond acceptors (Lipinski definition) is 1. The molecule has 2 rings (SSSR count). The standard InChI is InChI=1S/C14H17BrF3N/c1-19-13(9-5-7-14(17,18)8-6-9)10-3-2-4-11(15)12(10)16/h2-4,9,13,19H,5-8H2,1H3. The Hall–Kier alpha value is -0.550. The molecule has 1 aliphatic carbocycles. The summed E-state index contributed by atoms with van der Waals surface area (Å²) in [6.07, 6.45) is 0.631. The van der Waals surface area contributed by atoms with Crippen LogP contribution in [-0.4, -0.2) is 13.0 Å². The monoisotopic (exact) mass is 335 g/mol. The third-order valence-electron chi connectivity index (χ3n) is 3.86. The van der Waals surface area contributed by atoms with Crippen molar-refractivity contribution in [3.05, 3.63) is 34.1 Å². The lowest BCUT2D eigenvalue weighted by molar-refractivity contribution is -0.0496. The Morgan fingerprint density at radius 2 is 1.95 bits per heavy atom. The van der Waals surface area contributed by atoms with E-state index in [1.807, 2.05) is 0 Å². The normalized spacial score (nSPS) is 21.3. The highest BCUT2D eigenvalue weighted by atomic mass is 79.9. The van der Waals surface area contributed by atoms with Gasteiger partial charge in [0.2, 0.25) is 5.92 Å². The molecule has 0 amide bonds. The molecule has 1 N–H and O–H groups in total. The van der Waals surface area contributed by atoms with Crippen molar-refractivity contribution in [3.63, 3.8) is 0 Å². The molecule has 0 aliphatic heterocycles. The summed E-state index contributed by atoms with van der Waals surface area (Å²) >= 11 is 3.16. The van der Waals surface area contributed by atoms with Gasteiger partial charge in [-0.15, -0.1) is 0 Å². The smallest absolute Gasteiger partial charge is 0.248 e. The zero-order chi connectivity index (χ0) is 14.0. The van der Waals surface area contributed by atoms with Crippen LogP contribution in [0.1, 0.15) is 37.3 Å². The zero-order valence-corrected chi connectivity index (χ0v) is 12.3. The molecule has 5 heteroatoms. The van der Waals surface area contributed by atoms with Crippen LogP contribution in [0, 0.1) is 11.7 Å². The fourth-order valence-electron chi connectivity index (χ4n) is 2.80. The van der Waals surface area contributed by atoms with E-state index in [9.17, 15) is 13.2 Å². The van der Waals surface area contributed by atoms with Crippen molar-refractivity contribution >= 4 is 15.9 Å². The minimum absolute atomic E-state index is 0.0495. The first kappa shape index (κ1) is 14.9. The quantitative estimate of drug-likeness (QED) is 0.846. The SMILES string of the molecule is CNC(c1cccc(Br)c1F)C1CCC(F)(F)CC1. The van der Waals surface area contributed by atoms with E-state index in [0.29, 0.717) is 22.9 Å². The van der Waals surface area contributed by atoms with Crippen molar-refractivity contribution in [2.75, 3.05) is 7.05 Å². The Kier molecular flexibility index (Phi) is 4.56. The third kappa shape index (κ3) is 3.31. The van der Waals surface area contributed by atoms with Gasteiger partial charge in [-0.25, -0.2) is 13.2 Å². The van der Waals surface area contributed by atoms with E-state index in [1.165, 1.54) is 0 Å². The lowest BCUT2D eigenvalue weighted by Crippen LogP contribution is -2.33. The van der Waals surface area contributed by atoms with Gasteiger partial charge in [-0.1, -0.05) is 12.1 Å². The molecule has 1 nitrogen and oxygen atoms in total.